The Morgan fingerprint density at radius 3 is 2.90 bits per heavy atom. The molecule has 4 rings (SSSR count). The molecule has 1 aromatic heterocycles. The Balaban J connectivity index is 1.46. The van der Waals surface area contributed by atoms with Crippen LogP contribution < -0.4 is 4.90 Å². The van der Waals surface area contributed by atoms with Crippen molar-refractivity contribution in [2.24, 2.45) is 5.41 Å². The number of rotatable bonds is 2. The van der Waals surface area contributed by atoms with Crippen LogP contribution in [-0.4, -0.2) is 49.7 Å². The fourth-order valence-corrected chi connectivity index (χ4v) is 4.79. The smallest absolute Gasteiger partial charge is 0.227 e. The zero-order valence-electron chi connectivity index (χ0n) is 12.3. The molecule has 4 heterocycles. The third-order valence-electron chi connectivity index (χ3n) is 5.31. The number of ether oxygens (including phenoxy) is 1. The highest BCUT2D eigenvalue weighted by atomic mass is 32.1. The highest BCUT2D eigenvalue weighted by molar-refractivity contribution is 7.08. The summed E-state index contributed by atoms with van der Waals surface area (Å²) in [4.78, 5) is 17.0. The van der Waals surface area contributed by atoms with Gasteiger partial charge in [-0.3, -0.25) is 9.69 Å². The van der Waals surface area contributed by atoms with Crippen molar-refractivity contribution in [2.45, 2.75) is 31.7 Å². The summed E-state index contributed by atoms with van der Waals surface area (Å²) in [5, 5.41) is 4.14. The molecule has 3 fully saturated rings. The Bertz CT molecular complexity index is 512. The molecule has 4 nitrogen and oxygen atoms in total. The molecular weight excluding hydrogens is 284 g/mol. The fourth-order valence-electron chi connectivity index (χ4n) is 4.15. The van der Waals surface area contributed by atoms with Crippen molar-refractivity contribution in [3.8, 4) is 0 Å². The van der Waals surface area contributed by atoms with Crippen LogP contribution in [0.2, 0.25) is 0 Å². The lowest BCUT2D eigenvalue weighted by Gasteiger charge is -2.32. The normalized spacial score (nSPS) is 31.6. The van der Waals surface area contributed by atoms with Crippen LogP contribution in [0.4, 0.5) is 5.69 Å². The maximum absolute atomic E-state index is 12.4. The van der Waals surface area contributed by atoms with Gasteiger partial charge in [-0.25, -0.2) is 0 Å². The number of hydrogen-bond acceptors (Lipinski definition) is 4. The van der Waals surface area contributed by atoms with Crippen molar-refractivity contribution in [3.63, 3.8) is 0 Å². The van der Waals surface area contributed by atoms with Crippen LogP contribution >= 0.6 is 11.3 Å². The standard InChI is InChI=1S/C16H22N2O2S/c19-15-9-16(12-18(15)14-3-8-21-10-14)4-5-17(11-16)13-1-6-20-7-2-13/h3,8,10,13H,1-2,4-7,9,11-12H2/t16-/m0/s1. The van der Waals surface area contributed by atoms with E-state index < -0.39 is 0 Å². The van der Waals surface area contributed by atoms with E-state index >= 15 is 0 Å². The summed E-state index contributed by atoms with van der Waals surface area (Å²) in [6.07, 6.45) is 4.19. The second-order valence-electron chi connectivity index (χ2n) is 6.70. The minimum Gasteiger partial charge on any atom is -0.381 e. The molecule has 114 valence electrons. The molecule has 21 heavy (non-hydrogen) atoms. The number of likely N-dealkylation sites (tertiary alicyclic amines) is 1. The molecule has 0 bridgehead atoms. The largest absolute Gasteiger partial charge is 0.381 e. The van der Waals surface area contributed by atoms with E-state index in [0.717, 1.165) is 64.2 Å². The maximum Gasteiger partial charge on any atom is 0.227 e. The number of carbonyl (C=O) groups excluding carboxylic acids is 1. The van der Waals surface area contributed by atoms with Gasteiger partial charge in [-0.2, -0.15) is 11.3 Å². The van der Waals surface area contributed by atoms with Gasteiger partial charge in [0.2, 0.25) is 5.91 Å². The third kappa shape index (κ3) is 2.51. The van der Waals surface area contributed by atoms with Gasteiger partial charge in [-0.05, 0) is 37.3 Å². The van der Waals surface area contributed by atoms with Crippen LogP contribution in [-0.2, 0) is 9.53 Å². The summed E-state index contributed by atoms with van der Waals surface area (Å²) in [7, 11) is 0. The highest BCUT2D eigenvalue weighted by Crippen LogP contribution is 2.43. The zero-order valence-corrected chi connectivity index (χ0v) is 13.1. The number of thiophene rings is 1. The van der Waals surface area contributed by atoms with Gasteiger partial charge in [-0.1, -0.05) is 0 Å². The van der Waals surface area contributed by atoms with Gasteiger partial charge in [-0.15, -0.1) is 0 Å². The minimum absolute atomic E-state index is 0.192. The highest BCUT2D eigenvalue weighted by Gasteiger charge is 2.48. The fraction of sp³-hybridized carbons (Fsp3) is 0.688. The Kier molecular flexibility index (Phi) is 3.52. The van der Waals surface area contributed by atoms with Crippen molar-refractivity contribution < 1.29 is 9.53 Å². The molecule has 0 radical (unpaired) electrons. The lowest BCUT2D eigenvalue weighted by Crippen LogP contribution is -2.40. The summed E-state index contributed by atoms with van der Waals surface area (Å²) in [6, 6.07) is 2.73. The molecule has 1 spiro atoms. The van der Waals surface area contributed by atoms with E-state index in [1.165, 1.54) is 0 Å². The number of hydrogen-bond donors (Lipinski definition) is 0. The SMILES string of the molecule is O=C1C[C@]2(CCN(C3CCOCC3)C2)CN1c1ccsc1. The van der Waals surface area contributed by atoms with Crippen molar-refractivity contribution in [2.75, 3.05) is 37.7 Å². The van der Waals surface area contributed by atoms with Gasteiger partial charge in [0.25, 0.3) is 0 Å². The average molecular weight is 306 g/mol. The molecule has 1 amide bonds. The molecular formula is C16H22N2O2S. The average Bonchev–Trinajstić information content (AvgIpc) is 3.21. The van der Waals surface area contributed by atoms with Crippen molar-refractivity contribution in [3.05, 3.63) is 16.8 Å². The van der Waals surface area contributed by atoms with E-state index in [-0.39, 0.29) is 5.41 Å². The van der Waals surface area contributed by atoms with Crippen LogP contribution in [0.15, 0.2) is 16.8 Å². The summed E-state index contributed by atoms with van der Waals surface area (Å²) in [5.41, 5.74) is 1.28. The van der Waals surface area contributed by atoms with Crippen LogP contribution in [0.25, 0.3) is 0 Å². The van der Waals surface area contributed by atoms with E-state index in [1.807, 2.05) is 4.90 Å². The number of amides is 1. The van der Waals surface area contributed by atoms with Crippen LogP contribution in [0.3, 0.4) is 0 Å². The quantitative estimate of drug-likeness (QED) is 0.841. The first-order valence-corrected chi connectivity index (χ1v) is 8.84. The molecule has 3 saturated heterocycles. The van der Waals surface area contributed by atoms with Gasteiger partial charge >= 0.3 is 0 Å². The lowest BCUT2D eigenvalue weighted by molar-refractivity contribution is -0.117. The zero-order chi connectivity index (χ0) is 14.3. The van der Waals surface area contributed by atoms with Gasteiger partial charge in [0, 0.05) is 49.6 Å². The molecule has 3 aliphatic heterocycles. The van der Waals surface area contributed by atoms with Crippen LogP contribution in [0.5, 0.6) is 0 Å². The molecule has 5 heteroatoms. The van der Waals surface area contributed by atoms with E-state index in [0.29, 0.717) is 11.9 Å². The minimum atomic E-state index is 0.192. The van der Waals surface area contributed by atoms with E-state index in [2.05, 4.69) is 21.7 Å². The van der Waals surface area contributed by atoms with Crippen LogP contribution in [0, 0.1) is 5.41 Å². The molecule has 1 aromatic rings. The first-order chi connectivity index (χ1) is 10.3. The summed E-state index contributed by atoms with van der Waals surface area (Å²) < 4.78 is 5.47. The molecule has 0 N–H and O–H groups in total. The number of nitrogens with zero attached hydrogens (tertiary/aromatic N) is 2. The van der Waals surface area contributed by atoms with Gasteiger partial charge in [0.15, 0.2) is 0 Å². The monoisotopic (exact) mass is 306 g/mol. The second-order valence-corrected chi connectivity index (χ2v) is 7.48. The second kappa shape index (κ2) is 5.38. The Morgan fingerprint density at radius 1 is 1.29 bits per heavy atom. The maximum atomic E-state index is 12.4. The van der Waals surface area contributed by atoms with E-state index in [9.17, 15) is 4.79 Å². The summed E-state index contributed by atoms with van der Waals surface area (Å²) >= 11 is 1.66. The molecule has 0 saturated carbocycles. The van der Waals surface area contributed by atoms with Gasteiger partial charge in [0.1, 0.15) is 0 Å². The topological polar surface area (TPSA) is 32.8 Å². The molecule has 3 aliphatic rings. The predicted molar refractivity (Wildman–Crippen MR) is 83.8 cm³/mol. The Hall–Kier alpha value is -0.910. The molecule has 0 unspecified atom stereocenters. The first kappa shape index (κ1) is 13.7. The number of anilines is 1. The molecule has 0 aliphatic carbocycles. The van der Waals surface area contributed by atoms with E-state index in [4.69, 9.17) is 4.74 Å². The predicted octanol–water partition coefficient (Wildman–Crippen LogP) is 2.36. The van der Waals surface area contributed by atoms with E-state index in [1.54, 1.807) is 11.3 Å². The first-order valence-electron chi connectivity index (χ1n) is 7.90. The Labute approximate surface area is 129 Å². The summed E-state index contributed by atoms with van der Waals surface area (Å²) in [5.74, 6) is 0.308. The van der Waals surface area contributed by atoms with Crippen LogP contribution in [0.1, 0.15) is 25.7 Å². The van der Waals surface area contributed by atoms with Crippen molar-refractivity contribution in [1.82, 2.24) is 4.90 Å². The molecule has 0 aromatic carbocycles. The molecule has 1 atom stereocenters. The third-order valence-corrected chi connectivity index (χ3v) is 5.98. The van der Waals surface area contributed by atoms with Gasteiger partial charge in [0.05, 0.1) is 5.69 Å². The van der Waals surface area contributed by atoms with Gasteiger partial charge < -0.3 is 9.64 Å². The Morgan fingerprint density at radius 2 is 2.14 bits per heavy atom. The van der Waals surface area contributed by atoms with Crippen molar-refractivity contribution >= 4 is 22.9 Å². The summed E-state index contributed by atoms with van der Waals surface area (Å²) in [6.45, 7) is 4.93. The van der Waals surface area contributed by atoms with Crippen molar-refractivity contribution in [1.29, 1.82) is 0 Å². The number of carbonyl (C=O) groups is 1. The lowest BCUT2D eigenvalue weighted by atomic mass is 9.86.